The maximum Gasteiger partial charge on any atom is 0.0774 e. The van der Waals surface area contributed by atoms with Crippen LogP contribution in [0.5, 0.6) is 11.5 Å². The average molecular weight is 1180 g/mol. The number of para-hydroxylation sites is 4. The van der Waals surface area contributed by atoms with E-state index in [1.54, 1.807) is 0 Å². The van der Waals surface area contributed by atoms with Gasteiger partial charge < -0.3 is 19.5 Å². The Hall–Kier alpha value is -5.90. The zero-order valence-corrected chi connectivity index (χ0v) is 49.8. The summed E-state index contributed by atoms with van der Waals surface area (Å²) >= 11 is 0. The molecule has 1 unspecified atom stereocenters. The van der Waals surface area contributed by atoms with Crippen LogP contribution in [0, 0.1) is 17.5 Å². The molecule has 0 fully saturated rings. The number of imidazole rings is 1. The quantitative estimate of drug-likeness (QED) is 0.115. The number of anilines is 2. The van der Waals surface area contributed by atoms with E-state index in [1.807, 2.05) is 26.8 Å². The van der Waals surface area contributed by atoms with Crippen LogP contribution in [0.2, 0.25) is 0 Å². The molecule has 394 valence electrons. The number of rotatable bonds is 12. The molecule has 7 aromatic carbocycles. The van der Waals surface area contributed by atoms with Gasteiger partial charge in [-0.05, 0) is 122 Å². The van der Waals surface area contributed by atoms with Gasteiger partial charge in [0.1, 0.15) is 0 Å². The summed E-state index contributed by atoms with van der Waals surface area (Å²) in [5.41, 5.74) is 16.7. The van der Waals surface area contributed by atoms with Crippen molar-refractivity contribution < 1.29 is 28.5 Å². The summed E-state index contributed by atoms with van der Waals surface area (Å²) in [4.78, 5) is 7.91. The van der Waals surface area contributed by atoms with Crippen LogP contribution in [-0.4, -0.2) is 9.55 Å². The molecular weight excluding hydrogens is 1100 g/mol. The van der Waals surface area contributed by atoms with Crippen molar-refractivity contribution in [2.24, 2.45) is 5.41 Å². The summed E-state index contributed by atoms with van der Waals surface area (Å²) in [6, 6.07) is 53.0. The molecule has 0 N–H and O–H groups in total. The van der Waals surface area contributed by atoms with Gasteiger partial charge in [-0.1, -0.05) is 203 Å². The van der Waals surface area contributed by atoms with Crippen LogP contribution < -0.4 is 9.64 Å². The molecular formula is C69H79N4OPt-3. The molecule has 0 saturated carbocycles. The van der Waals surface area contributed by atoms with Gasteiger partial charge in [0.05, 0.1) is 16.9 Å². The fourth-order valence-corrected chi connectivity index (χ4v) is 10.4. The standard InChI is InChI=1S/C69H79N4O.Pt/c1-42(2)55-31-46(41-67(9,10)11)32-56(43(3)4)63(55)72-61-29-23-21-27-59(61)70-65(72)49-33-51(68(12,13)14)39-53(35-49)74-54-36-50(34-52(40-54)69(15,16)17)66-71-60-28-22-24-30-62(60)73(66)64-57(44(5)6)37-48(38-58(64)45(7)8)47-25-19-18-20-26-47;/h18-34,37-40,42-45,66H,41H2,1-17H3;/q-3;/i41D2;. The third kappa shape index (κ3) is 11.5. The van der Waals surface area contributed by atoms with Crippen molar-refractivity contribution in [2.75, 3.05) is 4.90 Å². The van der Waals surface area contributed by atoms with E-state index in [1.165, 1.54) is 27.9 Å². The molecule has 0 amide bonds. The minimum absolute atomic E-state index is 0. The molecule has 0 bridgehead atoms. The molecule has 5 nitrogen and oxygen atoms in total. The zero-order valence-electron chi connectivity index (χ0n) is 49.5. The van der Waals surface area contributed by atoms with Crippen molar-refractivity contribution >= 4 is 28.1 Å². The minimum Gasteiger partial charge on any atom is -0.661 e. The zero-order chi connectivity index (χ0) is 55.0. The number of benzene rings is 7. The van der Waals surface area contributed by atoms with Gasteiger partial charge in [-0.15, -0.1) is 40.6 Å². The van der Waals surface area contributed by atoms with Crippen LogP contribution in [0.25, 0.3) is 44.6 Å². The van der Waals surface area contributed by atoms with Gasteiger partial charge in [0, 0.05) is 52.4 Å². The third-order valence-corrected chi connectivity index (χ3v) is 14.3. The minimum atomic E-state index is -1.57. The van der Waals surface area contributed by atoms with E-state index >= 15 is 0 Å². The second kappa shape index (κ2) is 21.3. The van der Waals surface area contributed by atoms with Crippen LogP contribution in [0.1, 0.15) is 195 Å². The fraction of sp³-hybridized carbons (Fsp3) is 0.377. The van der Waals surface area contributed by atoms with E-state index in [0.717, 1.165) is 67.3 Å². The molecule has 9 rings (SSSR count). The predicted molar refractivity (Wildman–Crippen MR) is 314 cm³/mol. The molecule has 0 aliphatic carbocycles. The number of hydrogen-bond donors (Lipinski definition) is 0. The second-order valence-corrected chi connectivity index (χ2v) is 24.9. The molecule has 0 radical (unpaired) electrons. The Balaban J connectivity index is 0.00000784. The van der Waals surface area contributed by atoms with Crippen LogP contribution in [-0.2, 0) is 38.3 Å². The molecule has 1 aliphatic heterocycles. The first-order valence-electron chi connectivity index (χ1n) is 28.0. The fourth-order valence-electron chi connectivity index (χ4n) is 10.4. The summed E-state index contributed by atoms with van der Waals surface area (Å²) in [6.07, 6.45) is -1.99. The average Bonchev–Trinajstić information content (AvgIpc) is 3.94. The molecule has 0 spiro atoms. The van der Waals surface area contributed by atoms with Crippen LogP contribution in [0.4, 0.5) is 17.1 Å². The number of aromatic nitrogens is 2. The van der Waals surface area contributed by atoms with Crippen LogP contribution in [0.15, 0.2) is 127 Å². The first-order chi connectivity index (χ1) is 35.6. The summed E-state index contributed by atoms with van der Waals surface area (Å²) in [5.74, 6) is 2.54. The first-order valence-corrected chi connectivity index (χ1v) is 27.0. The van der Waals surface area contributed by atoms with Crippen molar-refractivity contribution in [3.8, 4) is 39.7 Å². The van der Waals surface area contributed by atoms with E-state index in [-0.39, 0.29) is 55.6 Å². The Kier molecular flexibility index (Phi) is 14.9. The van der Waals surface area contributed by atoms with Gasteiger partial charge in [0.2, 0.25) is 0 Å². The molecule has 1 aliphatic rings. The Labute approximate surface area is 467 Å². The van der Waals surface area contributed by atoms with Crippen LogP contribution >= 0.6 is 0 Å². The normalized spacial score (nSPS) is 14.6. The van der Waals surface area contributed by atoms with Crippen molar-refractivity contribution in [2.45, 2.75) is 165 Å². The second-order valence-electron chi connectivity index (χ2n) is 24.9. The smallest absolute Gasteiger partial charge is 0.0774 e. The predicted octanol–water partition coefficient (Wildman–Crippen LogP) is 20.3. The molecule has 8 aromatic rings. The Morgan fingerprint density at radius 1 is 0.587 bits per heavy atom. The van der Waals surface area contributed by atoms with Gasteiger partial charge in [-0.25, -0.2) is 0 Å². The molecule has 75 heavy (non-hydrogen) atoms. The Morgan fingerprint density at radius 3 is 1.68 bits per heavy atom. The molecule has 2 heterocycles. The first kappa shape index (κ1) is 52.5. The summed E-state index contributed by atoms with van der Waals surface area (Å²) in [5, 5.41) is 5.56. The summed E-state index contributed by atoms with van der Waals surface area (Å²) < 4.78 is 28.4. The van der Waals surface area contributed by atoms with E-state index in [4.69, 9.17) is 15.0 Å². The van der Waals surface area contributed by atoms with Gasteiger partial charge in [-0.2, -0.15) is 11.6 Å². The van der Waals surface area contributed by atoms with Crippen molar-refractivity contribution in [1.29, 1.82) is 0 Å². The number of ether oxygens (including phenoxy) is 1. The third-order valence-electron chi connectivity index (χ3n) is 14.3. The van der Waals surface area contributed by atoms with Crippen molar-refractivity contribution in [3.63, 3.8) is 0 Å². The van der Waals surface area contributed by atoms with E-state index in [2.05, 4.69) is 240 Å². The number of nitrogens with zero attached hydrogens (tertiary/aromatic N) is 4. The van der Waals surface area contributed by atoms with Crippen molar-refractivity contribution in [1.82, 2.24) is 9.55 Å². The molecule has 1 aromatic heterocycles. The van der Waals surface area contributed by atoms with Crippen molar-refractivity contribution in [3.05, 3.63) is 189 Å². The van der Waals surface area contributed by atoms with Gasteiger partial charge >= 0.3 is 0 Å². The largest absolute Gasteiger partial charge is 0.661 e. The topological polar surface area (TPSA) is 44.4 Å². The summed E-state index contributed by atoms with van der Waals surface area (Å²) in [7, 11) is 0. The monoisotopic (exact) mass is 1180 g/mol. The van der Waals surface area contributed by atoms with E-state index in [0.29, 0.717) is 17.1 Å². The maximum atomic E-state index is 9.43. The maximum absolute atomic E-state index is 9.43. The molecule has 0 saturated heterocycles. The van der Waals surface area contributed by atoms with E-state index < -0.39 is 18.0 Å². The van der Waals surface area contributed by atoms with Gasteiger partial charge in [0.25, 0.3) is 0 Å². The Bertz CT molecular complexity index is 3380. The van der Waals surface area contributed by atoms with Gasteiger partial charge in [-0.3, -0.25) is 4.98 Å². The molecule has 6 heteroatoms. The SMILES string of the molecule is [2H]C([2H])(c1cc(C(C)C)c(-n2c(-c3[c-]c(Oc4[c-]c(C5[N-]c6ccccc6N5c5c(C(C)C)cc(-c6ccccc6)cc5C(C)C)cc(C(C)(C)C)c4)cc(C(C)(C)C)c3)nc3ccccc32)c(C(C)C)c1)C(C)(C)C.[Pt]. The van der Waals surface area contributed by atoms with E-state index in [9.17, 15) is 2.74 Å². The van der Waals surface area contributed by atoms with Crippen LogP contribution in [0.3, 0.4) is 0 Å². The summed E-state index contributed by atoms with van der Waals surface area (Å²) in [6.45, 7) is 37.4. The number of fused-ring (bicyclic) bond motifs is 2. The Morgan fingerprint density at radius 2 is 1.11 bits per heavy atom. The van der Waals surface area contributed by atoms with Gasteiger partial charge in [0.15, 0.2) is 0 Å². The number of hydrogen-bond acceptors (Lipinski definition) is 3. The molecule has 1 atom stereocenters.